The predicted molar refractivity (Wildman–Crippen MR) is 263 cm³/mol. The Hall–Kier alpha value is -8.20. The molecule has 12 rings (SSSR count). The van der Waals surface area contributed by atoms with E-state index >= 15 is 0 Å². The normalized spacial score (nSPS) is 11.5. The van der Waals surface area contributed by atoms with Gasteiger partial charge < -0.3 is 9.32 Å². The van der Waals surface area contributed by atoms with Gasteiger partial charge in [0.25, 0.3) is 0 Å². The van der Waals surface area contributed by atoms with Gasteiger partial charge in [0.2, 0.25) is 0 Å². The molecule has 0 amide bonds. The summed E-state index contributed by atoms with van der Waals surface area (Å²) in [6.45, 7) is 0. The van der Waals surface area contributed by atoms with Gasteiger partial charge in [0.05, 0.1) is 11.1 Å². The van der Waals surface area contributed by atoms with Crippen molar-refractivity contribution in [1.29, 1.82) is 0 Å². The van der Waals surface area contributed by atoms with Crippen LogP contribution in [-0.2, 0) is 0 Å². The second kappa shape index (κ2) is 14.8. The molecule has 62 heavy (non-hydrogen) atoms. The van der Waals surface area contributed by atoms with Crippen LogP contribution in [0.2, 0.25) is 0 Å². The van der Waals surface area contributed by atoms with E-state index in [2.05, 4.69) is 241 Å². The Balaban J connectivity index is 1.03. The topological polar surface area (TPSA) is 16.4 Å². The van der Waals surface area contributed by atoms with Gasteiger partial charge in [-0.05, 0) is 120 Å². The first-order chi connectivity index (χ1) is 30.7. The number of fused-ring (bicyclic) bond motifs is 9. The van der Waals surface area contributed by atoms with Crippen molar-refractivity contribution in [3.8, 4) is 44.5 Å². The molecular formula is C60H39NO. The number of nitrogens with zero attached hydrogens (tertiary/aromatic N) is 1. The van der Waals surface area contributed by atoms with Gasteiger partial charge in [0, 0.05) is 22.3 Å². The van der Waals surface area contributed by atoms with E-state index in [0.29, 0.717) is 0 Å². The smallest absolute Gasteiger partial charge is 0.145 e. The third kappa shape index (κ3) is 6.04. The molecule has 0 saturated carbocycles. The SMILES string of the molecule is c1ccc(-c2ccc(-c3ccc(N(c4cccc(-c5ccc6c7ccccc7c7ccccc7c6c5)c4)c4ccc(-c5ccccc5)c5oc6ccccc6c45)cc3)cc2)cc1. The largest absolute Gasteiger partial charge is 0.455 e. The number of benzene rings is 11. The Morgan fingerprint density at radius 3 is 1.39 bits per heavy atom. The first-order valence-electron chi connectivity index (χ1n) is 21.2. The zero-order chi connectivity index (χ0) is 41.0. The molecule has 0 saturated heterocycles. The van der Waals surface area contributed by atoms with Crippen LogP contribution in [0.4, 0.5) is 17.1 Å². The molecule has 0 aliphatic rings. The first kappa shape index (κ1) is 35.7. The Kier molecular flexibility index (Phi) is 8.53. The zero-order valence-electron chi connectivity index (χ0n) is 33.9. The molecule has 2 nitrogen and oxygen atoms in total. The molecule has 290 valence electrons. The minimum Gasteiger partial charge on any atom is -0.455 e. The van der Waals surface area contributed by atoms with Crippen molar-refractivity contribution in [1.82, 2.24) is 0 Å². The van der Waals surface area contributed by atoms with E-state index in [1.165, 1.54) is 54.6 Å². The van der Waals surface area contributed by atoms with Gasteiger partial charge in [0.1, 0.15) is 11.2 Å². The van der Waals surface area contributed by atoms with Crippen LogP contribution in [0.15, 0.2) is 241 Å². The van der Waals surface area contributed by atoms with Gasteiger partial charge >= 0.3 is 0 Å². The summed E-state index contributed by atoms with van der Waals surface area (Å²) in [6.07, 6.45) is 0. The lowest BCUT2D eigenvalue weighted by Crippen LogP contribution is -2.10. The van der Waals surface area contributed by atoms with E-state index in [4.69, 9.17) is 4.42 Å². The lowest BCUT2D eigenvalue weighted by atomic mass is 9.92. The molecule has 1 aromatic heterocycles. The zero-order valence-corrected chi connectivity index (χ0v) is 33.9. The van der Waals surface area contributed by atoms with Crippen LogP contribution in [0.3, 0.4) is 0 Å². The number of anilines is 3. The second-order valence-corrected chi connectivity index (χ2v) is 16.0. The molecule has 0 N–H and O–H groups in total. The predicted octanol–water partition coefficient (Wildman–Crippen LogP) is 17.2. The maximum Gasteiger partial charge on any atom is 0.145 e. The van der Waals surface area contributed by atoms with Gasteiger partial charge in [-0.25, -0.2) is 0 Å². The average molecular weight is 790 g/mol. The van der Waals surface area contributed by atoms with Crippen LogP contribution in [0, 0.1) is 0 Å². The summed E-state index contributed by atoms with van der Waals surface area (Å²) in [5.41, 5.74) is 14.2. The van der Waals surface area contributed by atoms with Crippen molar-refractivity contribution in [2.45, 2.75) is 0 Å². The lowest BCUT2D eigenvalue weighted by molar-refractivity contribution is 0.670. The van der Waals surface area contributed by atoms with Crippen molar-refractivity contribution in [2.75, 3.05) is 4.90 Å². The first-order valence-corrected chi connectivity index (χ1v) is 21.2. The van der Waals surface area contributed by atoms with Crippen molar-refractivity contribution >= 4 is 71.3 Å². The Morgan fingerprint density at radius 2 is 0.742 bits per heavy atom. The van der Waals surface area contributed by atoms with Crippen molar-refractivity contribution < 1.29 is 4.42 Å². The van der Waals surface area contributed by atoms with Crippen molar-refractivity contribution in [3.63, 3.8) is 0 Å². The molecule has 0 unspecified atom stereocenters. The number of rotatable bonds is 7. The van der Waals surface area contributed by atoms with Crippen molar-refractivity contribution in [2.24, 2.45) is 0 Å². The van der Waals surface area contributed by atoms with E-state index in [-0.39, 0.29) is 0 Å². The third-order valence-corrected chi connectivity index (χ3v) is 12.5. The Bertz CT molecular complexity index is 3570. The van der Waals surface area contributed by atoms with Crippen molar-refractivity contribution in [3.05, 3.63) is 237 Å². The van der Waals surface area contributed by atoms with Crippen LogP contribution in [0.1, 0.15) is 0 Å². The Morgan fingerprint density at radius 1 is 0.274 bits per heavy atom. The second-order valence-electron chi connectivity index (χ2n) is 16.0. The molecule has 2 heteroatoms. The van der Waals surface area contributed by atoms with Crippen LogP contribution < -0.4 is 4.90 Å². The summed E-state index contributed by atoms with van der Waals surface area (Å²) < 4.78 is 6.79. The monoisotopic (exact) mass is 789 g/mol. The highest BCUT2D eigenvalue weighted by molar-refractivity contribution is 6.26. The highest BCUT2D eigenvalue weighted by Gasteiger charge is 2.23. The highest BCUT2D eigenvalue weighted by atomic mass is 16.3. The fraction of sp³-hybridized carbons (Fsp3) is 0. The summed E-state index contributed by atoms with van der Waals surface area (Å²) in [7, 11) is 0. The van der Waals surface area contributed by atoms with Crippen LogP contribution in [0.5, 0.6) is 0 Å². The molecule has 1 heterocycles. The summed E-state index contributed by atoms with van der Waals surface area (Å²) in [5.74, 6) is 0. The summed E-state index contributed by atoms with van der Waals surface area (Å²) in [5, 5.41) is 9.79. The van der Waals surface area contributed by atoms with E-state index in [1.807, 2.05) is 0 Å². The Labute approximate surface area is 360 Å². The summed E-state index contributed by atoms with van der Waals surface area (Å²) >= 11 is 0. The number of furan rings is 1. The summed E-state index contributed by atoms with van der Waals surface area (Å²) in [4.78, 5) is 2.40. The van der Waals surface area contributed by atoms with E-state index in [1.54, 1.807) is 0 Å². The van der Waals surface area contributed by atoms with Gasteiger partial charge in [-0.15, -0.1) is 0 Å². The lowest BCUT2D eigenvalue weighted by Gasteiger charge is -2.27. The molecular weight excluding hydrogens is 751 g/mol. The summed E-state index contributed by atoms with van der Waals surface area (Å²) in [6, 6.07) is 85.3. The minimum atomic E-state index is 0.867. The molecule has 0 aliphatic carbocycles. The van der Waals surface area contributed by atoms with E-state index < -0.39 is 0 Å². The van der Waals surface area contributed by atoms with E-state index in [0.717, 1.165) is 61.3 Å². The number of para-hydroxylation sites is 1. The molecule has 11 aromatic carbocycles. The maximum absolute atomic E-state index is 6.79. The van der Waals surface area contributed by atoms with Crippen LogP contribution in [-0.4, -0.2) is 0 Å². The van der Waals surface area contributed by atoms with Gasteiger partial charge in [-0.2, -0.15) is 0 Å². The standard InChI is InChI=1S/C60H39NO/c1-3-14-40(15-4-1)41-26-28-42(29-27-41)43-30-33-47(34-31-43)61(57-37-36-49(44-16-5-2-6-17-44)60-59(57)55-24-11-12-25-58(55)62-60)48-19-13-18-45(38-48)46-32-35-54-52-22-8-7-20-50(52)51-21-9-10-23-53(51)56(54)39-46/h1-39H. The fourth-order valence-electron chi connectivity index (χ4n) is 9.47. The minimum absolute atomic E-state index is 0.867. The van der Waals surface area contributed by atoms with Crippen LogP contribution >= 0.6 is 0 Å². The molecule has 0 atom stereocenters. The molecule has 0 bridgehead atoms. The molecule has 0 aliphatic heterocycles. The molecule has 0 spiro atoms. The quantitative estimate of drug-likeness (QED) is 0.150. The molecule has 0 fully saturated rings. The van der Waals surface area contributed by atoms with E-state index in [9.17, 15) is 0 Å². The third-order valence-electron chi connectivity index (χ3n) is 12.5. The average Bonchev–Trinajstić information content (AvgIpc) is 3.75. The van der Waals surface area contributed by atoms with Gasteiger partial charge in [-0.3, -0.25) is 0 Å². The highest BCUT2D eigenvalue weighted by Crippen LogP contribution is 2.47. The van der Waals surface area contributed by atoms with Gasteiger partial charge in [-0.1, -0.05) is 188 Å². The fourth-order valence-corrected chi connectivity index (χ4v) is 9.47. The molecule has 0 radical (unpaired) electrons. The van der Waals surface area contributed by atoms with Gasteiger partial charge in [0.15, 0.2) is 0 Å². The van der Waals surface area contributed by atoms with Crippen LogP contribution in [0.25, 0.3) is 98.8 Å². The maximum atomic E-state index is 6.79. The number of hydrogen-bond acceptors (Lipinski definition) is 2. The number of hydrogen-bond donors (Lipinski definition) is 0. The molecule has 12 aromatic rings.